The maximum atomic E-state index is 5.37. The van der Waals surface area contributed by atoms with Crippen molar-refractivity contribution in [3.05, 3.63) is 44.6 Å². The van der Waals surface area contributed by atoms with Gasteiger partial charge in [0.2, 0.25) is 0 Å². The number of rotatable bonds is 4. The minimum atomic E-state index is 0.271. The summed E-state index contributed by atoms with van der Waals surface area (Å²) in [5.74, 6) is 0.860. The molecule has 0 saturated heterocycles. The molecule has 0 radical (unpaired) electrons. The molecule has 1 heterocycles. The average molecular weight is 326 g/mol. The predicted octanol–water partition coefficient (Wildman–Crippen LogP) is 5.00. The maximum Gasteiger partial charge on any atom is 0.142 e. The SMILES string of the molecule is COc1ccc(Br)cc1NC(C)c1sccc1C. The van der Waals surface area contributed by atoms with Gasteiger partial charge in [0.05, 0.1) is 18.8 Å². The standard InChI is InChI=1S/C14H16BrNOS/c1-9-6-7-18-14(9)10(2)16-12-8-11(15)4-5-13(12)17-3/h4-8,10,16H,1-3H3. The van der Waals surface area contributed by atoms with E-state index in [0.29, 0.717) is 0 Å². The highest BCUT2D eigenvalue weighted by atomic mass is 79.9. The number of benzene rings is 1. The summed E-state index contributed by atoms with van der Waals surface area (Å²) < 4.78 is 6.41. The van der Waals surface area contributed by atoms with Gasteiger partial charge in [-0.3, -0.25) is 0 Å². The third-order valence-electron chi connectivity index (χ3n) is 2.83. The van der Waals surface area contributed by atoms with E-state index in [2.05, 4.69) is 46.5 Å². The molecule has 0 bridgehead atoms. The maximum absolute atomic E-state index is 5.37. The second-order valence-corrected chi connectivity index (χ2v) is 6.04. The van der Waals surface area contributed by atoms with Gasteiger partial charge in [-0.2, -0.15) is 0 Å². The molecule has 96 valence electrons. The van der Waals surface area contributed by atoms with E-state index in [9.17, 15) is 0 Å². The Morgan fingerprint density at radius 3 is 2.72 bits per heavy atom. The fourth-order valence-electron chi connectivity index (χ4n) is 1.92. The van der Waals surface area contributed by atoms with E-state index in [-0.39, 0.29) is 6.04 Å². The Hall–Kier alpha value is -1.00. The summed E-state index contributed by atoms with van der Waals surface area (Å²) in [5, 5.41) is 5.63. The largest absolute Gasteiger partial charge is 0.495 e. The first-order chi connectivity index (χ1) is 8.61. The Balaban J connectivity index is 2.23. The van der Waals surface area contributed by atoms with Crippen molar-refractivity contribution in [2.24, 2.45) is 0 Å². The van der Waals surface area contributed by atoms with Crippen LogP contribution in [0, 0.1) is 6.92 Å². The van der Waals surface area contributed by atoms with Gasteiger partial charge in [-0.25, -0.2) is 0 Å². The molecule has 0 aliphatic rings. The highest BCUT2D eigenvalue weighted by Crippen LogP contribution is 2.33. The van der Waals surface area contributed by atoms with E-state index in [1.165, 1.54) is 10.4 Å². The molecule has 0 amide bonds. The van der Waals surface area contributed by atoms with Crippen molar-refractivity contribution >= 4 is 33.0 Å². The highest BCUT2D eigenvalue weighted by molar-refractivity contribution is 9.10. The lowest BCUT2D eigenvalue weighted by molar-refractivity contribution is 0.416. The van der Waals surface area contributed by atoms with Gasteiger partial charge in [0, 0.05) is 9.35 Å². The summed E-state index contributed by atoms with van der Waals surface area (Å²) in [6.07, 6.45) is 0. The van der Waals surface area contributed by atoms with E-state index in [0.717, 1.165) is 15.9 Å². The highest BCUT2D eigenvalue weighted by Gasteiger charge is 2.12. The van der Waals surface area contributed by atoms with Gasteiger partial charge in [0.25, 0.3) is 0 Å². The molecular formula is C14H16BrNOS. The topological polar surface area (TPSA) is 21.3 Å². The Morgan fingerprint density at radius 2 is 2.11 bits per heavy atom. The number of halogens is 1. The van der Waals surface area contributed by atoms with Gasteiger partial charge in [0.15, 0.2) is 0 Å². The Morgan fingerprint density at radius 1 is 1.33 bits per heavy atom. The smallest absolute Gasteiger partial charge is 0.142 e. The molecule has 18 heavy (non-hydrogen) atoms. The number of hydrogen-bond donors (Lipinski definition) is 1. The van der Waals surface area contributed by atoms with Gasteiger partial charge in [-0.05, 0) is 49.1 Å². The normalized spacial score (nSPS) is 12.2. The van der Waals surface area contributed by atoms with Crippen LogP contribution in [0.5, 0.6) is 5.75 Å². The summed E-state index contributed by atoms with van der Waals surface area (Å²) >= 11 is 5.27. The first-order valence-corrected chi connectivity index (χ1v) is 7.43. The zero-order valence-corrected chi connectivity index (χ0v) is 13.1. The van der Waals surface area contributed by atoms with Crippen LogP contribution in [0.15, 0.2) is 34.1 Å². The minimum absolute atomic E-state index is 0.271. The first-order valence-electron chi connectivity index (χ1n) is 5.76. The summed E-state index contributed by atoms with van der Waals surface area (Å²) in [7, 11) is 1.69. The summed E-state index contributed by atoms with van der Waals surface area (Å²) in [6, 6.07) is 8.40. The van der Waals surface area contributed by atoms with Crippen molar-refractivity contribution in [3.63, 3.8) is 0 Å². The number of aryl methyl sites for hydroxylation is 1. The van der Waals surface area contributed by atoms with E-state index in [4.69, 9.17) is 4.74 Å². The van der Waals surface area contributed by atoms with E-state index >= 15 is 0 Å². The van der Waals surface area contributed by atoms with Gasteiger partial charge < -0.3 is 10.1 Å². The van der Waals surface area contributed by atoms with E-state index < -0.39 is 0 Å². The predicted molar refractivity (Wildman–Crippen MR) is 81.8 cm³/mol. The van der Waals surface area contributed by atoms with Crippen molar-refractivity contribution in [2.75, 3.05) is 12.4 Å². The van der Waals surface area contributed by atoms with Gasteiger partial charge >= 0.3 is 0 Å². The molecule has 0 fully saturated rings. The third-order valence-corrected chi connectivity index (χ3v) is 4.52. The van der Waals surface area contributed by atoms with Gasteiger partial charge in [-0.1, -0.05) is 15.9 Å². The molecule has 2 nitrogen and oxygen atoms in total. The molecule has 0 saturated carbocycles. The summed E-state index contributed by atoms with van der Waals surface area (Å²) in [4.78, 5) is 1.36. The van der Waals surface area contributed by atoms with Crippen LogP contribution in [-0.4, -0.2) is 7.11 Å². The number of nitrogens with one attached hydrogen (secondary N) is 1. The number of methoxy groups -OCH3 is 1. The first kappa shape index (κ1) is 13.4. The molecule has 0 aliphatic heterocycles. The number of thiophene rings is 1. The second-order valence-electron chi connectivity index (χ2n) is 4.18. The van der Waals surface area contributed by atoms with Crippen molar-refractivity contribution in [2.45, 2.75) is 19.9 Å². The minimum Gasteiger partial charge on any atom is -0.495 e. The van der Waals surface area contributed by atoms with Crippen LogP contribution in [0.4, 0.5) is 5.69 Å². The monoisotopic (exact) mass is 325 g/mol. The van der Waals surface area contributed by atoms with E-state index in [1.807, 2.05) is 18.2 Å². The Labute approximate surface area is 120 Å². The Kier molecular flexibility index (Phi) is 4.30. The van der Waals surface area contributed by atoms with Crippen LogP contribution >= 0.6 is 27.3 Å². The van der Waals surface area contributed by atoms with Crippen LogP contribution in [0.25, 0.3) is 0 Å². The molecule has 1 aromatic carbocycles. The molecule has 0 aliphatic carbocycles. The fourth-order valence-corrected chi connectivity index (χ4v) is 3.22. The van der Waals surface area contributed by atoms with E-state index in [1.54, 1.807) is 18.4 Å². The molecule has 1 aromatic heterocycles. The van der Waals surface area contributed by atoms with Crippen LogP contribution in [0.1, 0.15) is 23.4 Å². The van der Waals surface area contributed by atoms with Crippen LogP contribution in [0.2, 0.25) is 0 Å². The quantitative estimate of drug-likeness (QED) is 0.853. The molecule has 0 spiro atoms. The lowest BCUT2D eigenvalue weighted by Crippen LogP contribution is -2.07. The summed E-state index contributed by atoms with van der Waals surface area (Å²) in [5.41, 5.74) is 2.33. The third kappa shape index (κ3) is 2.87. The van der Waals surface area contributed by atoms with Crippen LogP contribution in [-0.2, 0) is 0 Å². The molecule has 2 rings (SSSR count). The lowest BCUT2D eigenvalue weighted by Gasteiger charge is -2.17. The van der Waals surface area contributed by atoms with Crippen molar-refractivity contribution in [1.82, 2.24) is 0 Å². The lowest BCUT2D eigenvalue weighted by atomic mass is 10.2. The molecule has 2 aromatic rings. The summed E-state index contributed by atoms with van der Waals surface area (Å²) in [6.45, 7) is 4.31. The Bertz CT molecular complexity index is 538. The van der Waals surface area contributed by atoms with Crippen LogP contribution < -0.4 is 10.1 Å². The molecule has 1 unspecified atom stereocenters. The molecule has 1 atom stereocenters. The zero-order chi connectivity index (χ0) is 13.1. The molecular weight excluding hydrogens is 310 g/mol. The molecule has 4 heteroatoms. The van der Waals surface area contributed by atoms with Crippen molar-refractivity contribution < 1.29 is 4.74 Å². The number of anilines is 1. The molecule has 1 N–H and O–H groups in total. The number of ether oxygens (including phenoxy) is 1. The van der Waals surface area contributed by atoms with Gasteiger partial charge in [0.1, 0.15) is 5.75 Å². The zero-order valence-electron chi connectivity index (χ0n) is 10.7. The van der Waals surface area contributed by atoms with Gasteiger partial charge in [-0.15, -0.1) is 11.3 Å². The average Bonchev–Trinajstić information content (AvgIpc) is 2.76. The number of hydrogen-bond acceptors (Lipinski definition) is 3. The van der Waals surface area contributed by atoms with Crippen LogP contribution in [0.3, 0.4) is 0 Å². The second kappa shape index (κ2) is 5.76. The van der Waals surface area contributed by atoms with Crippen molar-refractivity contribution in [3.8, 4) is 5.75 Å². The fraction of sp³-hybridized carbons (Fsp3) is 0.286. The van der Waals surface area contributed by atoms with Crippen molar-refractivity contribution in [1.29, 1.82) is 0 Å².